The lowest BCUT2D eigenvalue weighted by atomic mass is 10.1. The van der Waals surface area contributed by atoms with Gasteiger partial charge in [-0.15, -0.1) is 11.3 Å². The van der Waals surface area contributed by atoms with E-state index >= 15 is 0 Å². The quantitative estimate of drug-likeness (QED) is 0.711. The molecule has 0 radical (unpaired) electrons. The van der Waals surface area contributed by atoms with E-state index in [-0.39, 0.29) is 0 Å². The Morgan fingerprint density at radius 2 is 1.76 bits per heavy atom. The summed E-state index contributed by atoms with van der Waals surface area (Å²) in [4.78, 5) is 0. The zero-order valence-corrected chi connectivity index (χ0v) is 12.2. The number of hydrogen-bond donors (Lipinski definition) is 2. The average Bonchev–Trinajstić information content (AvgIpc) is 2.98. The average molecular weight is 300 g/mol. The minimum absolute atomic E-state index is 0.349. The fourth-order valence-electron chi connectivity index (χ4n) is 2.23. The van der Waals surface area contributed by atoms with E-state index < -0.39 is 12.4 Å². The summed E-state index contributed by atoms with van der Waals surface area (Å²) in [6.45, 7) is 0. The Labute approximate surface area is 127 Å². The molecular weight excluding hydrogens is 284 g/mol. The van der Waals surface area contributed by atoms with E-state index in [1.54, 1.807) is 17.4 Å². The van der Waals surface area contributed by atoms with Crippen molar-refractivity contribution in [3.63, 3.8) is 0 Å². The third-order valence-electron chi connectivity index (χ3n) is 3.32. The summed E-state index contributed by atoms with van der Waals surface area (Å²) in [6.07, 6.45) is -1.88. The summed E-state index contributed by atoms with van der Waals surface area (Å²) in [5.74, 6) is 0.591. The maximum absolute atomic E-state index is 10.1. The van der Waals surface area contributed by atoms with E-state index in [0.29, 0.717) is 12.2 Å². The second kappa shape index (κ2) is 6.26. The van der Waals surface area contributed by atoms with Crippen molar-refractivity contribution in [3.05, 3.63) is 65.5 Å². The van der Waals surface area contributed by atoms with Gasteiger partial charge in [0, 0.05) is 16.5 Å². The first-order valence-corrected chi connectivity index (χ1v) is 7.65. The minimum atomic E-state index is -1.25. The van der Waals surface area contributed by atoms with Gasteiger partial charge in [-0.1, -0.05) is 36.4 Å². The van der Waals surface area contributed by atoms with Crippen LogP contribution in [0.2, 0.25) is 0 Å². The summed E-state index contributed by atoms with van der Waals surface area (Å²) in [5.41, 5.74) is 0.960. The molecule has 2 aromatic carbocycles. The van der Waals surface area contributed by atoms with Gasteiger partial charge in [0.05, 0.1) is 0 Å². The van der Waals surface area contributed by atoms with Crippen molar-refractivity contribution >= 4 is 21.4 Å². The standard InChI is InChI=1S/C17H16O3S/c18-14(11-12-5-2-1-3-6-12)17(19)20-15-7-4-8-16-13(15)9-10-21-16/h1-10,14,17-19H,11H2/t14-,17?/m0/s1. The second-order valence-corrected chi connectivity index (χ2v) is 5.80. The molecule has 0 spiro atoms. The molecule has 108 valence electrons. The van der Waals surface area contributed by atoms with Gasteiger partial charge in [0.2, 0.25) is 6.29 Å². The Bertz CT molecular complexity index is 708. The highest BCUT2D eigenvalue weighted by molar-refractivity contribution is 7.17. The number of hydrogen-bond acceptors (Lipinski definition) is 4. The van der Waals surface area contributed by atoms with Gasteiger partial charge in [0.1, 0.15) is 11.9 Å². The zero-order valence-electron chi connectivity index (χ0n) is 11.3. The van der Waals surface area contributed by atoms with Crippen LogP contribution in [0.4, 0.5) is 0 Å². The van der Waals surface area contributed by atoms with Crippen LogP contribution >= 0.6 is 11.3 Å². The van der Waals surface area contributed by atoms with E-state index in [1.807, 2.05) is 53.9 Å². The molecule has 2 N–H and O–H groups in total. The van der Waals surface area contributed by atoms with Crippen LogP contribution in [0.1, 0.15) is 5.56 Å². The number of benzene rings is 2. The molecule has 0 aliphatic heterocycles. The lowest BCUT2D eigenvalue weighted by molar-refractivity contribution is -0.102. The van der Waals surface area contributed by atoms with Gasteiger partial charge in [-0.3, -0.25) is 0 Å². The van der Waals surface area contributed by atoms with Crippen molar-refractivity contribution in [2.24, 2.45) is 0 Å². The first-order valence-electron chi connectivity index (χ1n) is 6.77. The molecule has 3 aromatic rings. The predicted octanol–water partition coefficient (Wildman–Crippen LogP) is 3.20. The molecule has 21 heavy (non-hydrogen) atoms. The van der Waals surface area contributed by atoms with Gasteiger partial charge in [-0.25, -0.2) is 0 Å². The maximum Gasteiger partial charge on any atom is 0.224 e. The lowest BCUT2D eigenvalue weighted by Crippen LogP contribution is -2.33. The van der Waals surface area contributed by atoms with Crippen LogP contribution in [0, 0.1) is 0 Å². The maximum atomic E-state index is 10.1. The van der Waals surface area contributed by atoms with E-state index in [2.05, 4.69) is 0 Å². The Balaban J connectivity index is 1.71. The predicted molar refractivity (Wildman–Crippen MR) is 84.6 cm³/mol. The van der Waals surface area contributed by atoms with Crippen molar-refractivity contribution in [2.45, 2.75) is 18.8 Å². The van der Waals surface area contributed by atoms with E-state index in [9.17, 15) is 10.2 Å². The van der Waals surface area contributed by atoms with Gasteiger partial charge in [-0.2, -0.15) is 0 Å². The zero-order chi connectivity index (χ0) is 14.7. The van der Waals surface area contributed by atoms with Crippen molar-refractivity contribution in [1.82, 2.24) is 0 Å². The molecular formula is C17H16O3S. The van der Waals surface area contributed by atoms with Crippen molar-refractivity contribution < 1.29 is 14.9 Å². The number of fused-ring (bicyclic) bond motifs is 1. The number of aliphatic hydroxyl groups excluding tert-OH is 2. The molecule has 1 aromatic heterocycles. The third-order valence-corrected chi connectivity index (χ3v) is 4.20. The lowest BCUT2D eigenvalue weighted by Gasteiger charge is -2.19. The summed E-state index contributed by atoms with van der Waals surface area (Å²) in [5, 5.41) is 23.1. The van der Waals surface area contributed by atoms with Crippen molar-refractivity contribution in [1.29, 1.82) is 0 Å². The molecule has 0 aliphatic carbocycles. The van der Waals surface area contributed by atoms with Crippen LogP contribution < -0.4 is 4.74 Å². The highest BCUT2D eigenvalue weighted by atomic mass is 32.1. The normalized spacial score (nSPS) is 14.0. The molecule has 0 bridgehead atoms. The molecule has 3 rings (SSSR count). The number of thiophene rings is 1. The molecule has 1 heterocycles. The first kappa shape index (κ1) is 14.1. The number of ether oxygens (including phenoxy) is 1. The van der Waals surface area contributed by atoms with Gasteiger partial charge < -0.3 is 14.9 Å². The molecule has 0 fully saturated rings. The summed E-state index contributed by atoms with van der Waals surface area (Å²) in [6, 6.07) is 17.2. The summed E-state index contributed by atoms with van der Waals surface area (Å²) < 4.78 is 6.63. The largest absolute Gasteiger partial charge is 0.462 e. The molecule has 0 amide bonds. The molecule has 0 saturated carbocycles. The van der Waals surface area contributed by atoms with Crippen LogP contribution in [0.5, 0.6) is 5.75 Å². The molecule has 0 aliphatic rings. The van der Waals surface area contributed by atoms with Crippen LogP contribution in [0.3, 0.4) is 0 Å². The molecule has 3 nitrogen and oxygen atoms in total. The summed E-state index contributed by atoms with van der Waals surface area (Å²) >= 11 is 1.62. The SMILES string of the molecule is OC(Oc1cccc2sccc12)[C@@H](O)Cc1ccccc1. The highest BCUT2D eigenvalue weighted by Crippen LogP contribution is 2.30. The van der Waals surface area contributed by atoms with Crippen LogP contribution in [-0.2, 0) is 6.42 Å². The third kappa shape index (κ3) is 3.24. The van der Waals surface area contributed by atoms with Gasteiger partial charge in [0.25, 0.3) is 0 Å². The van der Waals surface area contributed by atoms with Crippen LogP contribution in [0.15, 0.2) is 60.0 Å². The Hall–Kier alpha value is -1.88. The van der Waals surface area contributed by atoms with Gasteiger partial charge in [-0.05, 0) is 29.1 Å². The Morgan fingerprint density at radius 1 is 0.952 bits per heavy atom. The molecule has 0 saturated heterocycles. The van der Waals surface area contributed by atoms with E-state index in [4.69, 9.17) is 4.74 Å². The van der Waals surface area contributed by atoms with Crippen LogP contribution in [-0.4, -0.2) is 22.6 Å². The summed E-state index contributed by atoms with van der Waals surface area (Å²) in [7, 11) is 0. The van der Waals surface area contributed by atoms with Gasteiger partial charge in [0.15, 0.2) is 0 Å². The van der Waals surface area contributed by atoms with E-state index in [0.717, 1.165) is 15.6 Å². The van der Waals surface area contributed by atoms with Crippen molar-refractivity contribution in [2.75, 3.05) is 0 Å². The first-order chi connectivity index (χ1) is 10.2. The highest BCUT2D eigenvalue weighted by Gasteiger charge is 2.19. The smallest absolute Gasteiger partial charge is 0.224 e. The molecule has 2 atom stereocenters. The fourth-order valence-corrected chi connectivity index (χ4v) is 3.04. The van der Waals surface area contributed by atoms with Crippen molar-refractivity contribution in [3.8, 4) is 5.75 Å². The molecule has 1 unspecified atom stereocenters. The monoisotopic (exact) mass is 300 g/mol. The Kier molecular flexibility index (Phi) is 4.20. The minimum Gasteiger partial charge on any atom is -0.462 e. The molecule has 4 heteroatoms. The van der Waals surface area contributed by atoms with Gasteiger partial charge >= 0.3 is 0 Å². The number of rotatable bonds is 5. The van der Waals surface area contributed by atoms with E-state index in [1.165, 1.54) is 0 Å². The fraction of sp³-hybridized carbons (Fsp3) is 0.176. The Morgan fingerprint density at radius 3 is 2.57 bits per heavy atom. The second-order valence-electron chi connectivity index (χ2n) is 4.85. The van der Waals surface area contributed by atoms with Crippen LogP contribution in [0.25, 0.3) is 10.1 Å². The number of aliphatic hydroxyl groups is 2. The topological polar surface area (TPSA) is 49.7 Å².